The van der Waals surface area contributed by atoms with Crippen molar-refractivity contribution in [2.24, 2.45) is 17.8 Å². The van der Waals surface area contributed by atoms with E-state index in [9.17, 15) is 4.79 Å². The molecular formula is C13H24O. The van der Waals surface area contributed by atoms with Gasteiger partial charge in [-0.15, -0.1) is 0 Å². The molecule has 0 aliphatic heterocycles. The van der Waals surface area contributed by atoms with Crippen LogP contribution in [0.1, 0.15) is 59.3 Å². The van der Waals surface area contributed by atoms with Crippen molar-refractivity contribution in [3.8, 4) is 0 Å². The number of hydrogen-bond acceptors (Lipinski definition) is 1. The molecule has 0 saturated heterocycles. The molecule has 1 aliphatic carbocycles. The van der Waals surface area contributed by atoms with E-state index >= 15 is 0 Å². The standard InChI is InChI=1S/C13H24O/c1-4-5-10(2)9-13(14)12-7-6-11(3)8-12/h10-12H,4-9H2,1-3H3. The summed E-state index contributed by atoms with van der Waals surface area (Å²) in [5, 5.41) is 0. The molecule has 0 aromatic carbocycles. The molecule has 0 amide bonds. The van der Waals surface area contributed by atoms with Gasteiger partial charge in [-0.3, -0.25) is 4.79 Å². The molecule has 1 aliphatic rings. The van der Waals surface area contributed by atoms with Gasteiger partial charge in [0.15, 0.2) is 0 Å². The summed E-state index contributed by atoms with van der Waals surface area (Å²) in [6.45, 7) is 6.67. The Morgan fingerprint density at radius 3 is 2.64 bits per heavy atom. The molecule has 0 bridgehead atoms. The van der Waals surface area contributed by atoms with Gasteiger partial charge in [-0.05, 0) is 31.1 Å². The largest absolute Gasteiger partial charge is 0.299 e. The molecule has 0 N–H and O–H groups in total. The Hall–Kier alpha value is -0.330. The fraction of sp³-hybridized carbons (Fsp3) is 0.923. The maximum Gasteiger partial charge on any atom is 0.136 e. The van der Waals surface area contributed by atoms with Crippen molar-refractivity contribution in [2.45, 2.75) is 59.3 Å². The van der Waals surface area contributed by atoms with Crippen LogP contribution in [0.5, 0.6) is 0 Å². The monoisotopic (exact) mass is 196 g/mol. The van der Waals surface area contributed by atoms with Gasteiger partial charge in [-0.25, -0.2) is 0 Å². The number of carbonyl (C=O) groups excluding carboxylic acids is 1. The van der Waals surface area contributed by atoms with Gasteiger partial charge < -0.3 is 0 Å². The summed E-state index contributed by atoms with van der Waals surface area (Å²) in [7, 11) is 0. The maximum atomic E-state index is 11.9. The second kappa shape index (κ2) is 5.53. The van der Waals surface area contributed by atoms with Gasteiger partial charge >= 0.3 is 0 Å². The molecule has 0 heterocycles. The Morgan fingerprint density at radius 2 is 2.14 bits per heavy atom. The Kier molecular flexibility index (Phi) is 4.64. The van der Waals surface area contributed by atoms with E-state index in [1.165, 1.54) is 19.3 Å². The third-order valence-corrected chi connectivity index (χ3v) is 3.48. The van der Waals surface area contributed by atoms with Crippen molar-refractivity contribution in [1.82, 2.24) is 0 Å². The minimum absolute atomic E-state index is 0.407. The molecule has 1 rings (SSSR count). The van der Waals surface area contributed by atoms with Crippen LogP contribution < -0.4 is 0 Å². The number of rotatable bonds is 5. The highest BCUT2D eigenvalue weighted by Crippen LogP contribution is 2.32. The molecule has 0 aromatic heterocycles. The molecular weight excluding hydrogens is 172 g/mol. The van der Waals surface area contributed by atoms with E-state index in [4.69, 9.17) is 0 Å². The fourth-order valence-corrected chi connectivity index (χ4v) is 2.60. The minimum Gasteiger partial charge on any atom is -0.299 e. The summed E-state index contributed by atoms with van der Waals surface area (Å²) in [5.41, 5.74) is 0. The molecule has 3 unspecified atom stereocenters. The predicted octanol–water partition coefficient (Wildman–Crippen LogP) is 3.82. The first-order valence-electron chi connectivity index (χ1n) is 6.16. The van der Waals surface area contributed by atoms with E-state index in [1.54, 1.807) is 0 Å². The number of carbonyl (C=O) groups is 1. The van der Waals surface area contributed by atoms with Crippen molar-refractivity contribution in [1.29, 1.82) is 0 Å². The lowest BCUT2D eigenvalue weighted by Gasteiger charge is -2.12. The molecule has 0 aromatic rings. The average Bonchev–Trinajstić information content (AvgIpc) is 2.52. The molecule has 1 heteroatoms. The van der Waals surface area contributed by atoms with E-state index in [0.29, 0.717) is 17.6 Å². The summed E-state index contributed by atoms with van der Waals surface area (Å²) in [6.07, 6.45) is 6.80. The second-order valence-electron chi connectivity index (χ2n) is 5.18. The maximum absolute atomic E-state index is 11.9. The normalized spacial score (nSPS) is 29.1. The number of hydrogen-bond donors (Lipinski definition) is 0. The van der Waals surface area contributed by atoms with Gasteiger partial charge in [0.25, 0.3) is 0 Å². The van der Waals surface area contributed by atoms with E-state index in [2.05, 4.69) is 20.8 Å². The first-order chi connectivity index (χ1) is 6.63. The Balaban J connectivity index is 2.27. The van der Waals surface area contributed by atoms with Crippen LogP contribution in [0.15, 0.2) is 0 Å². The van der Waals surface area contributed by atoms with Gasteiger partial charge in [0.05, 0.1) is 0 Å². The lowest BCUT2D eigenvalue weighted by atomic mass is 9.91. The predicted molar refractivity (Wildman–Crippen MR) is 60.2 cm³/mol. The molecule has 0 spiro atoms. The van der Waals surface area contributed by atoms with Crippen LogP contribution in [0.25, 0.3) is 0 Å². The zero-order valence-electron chi connectivity index (χ0n) is 9.88. The highest BCUT2D eigenvalue weighted by atomic mass is 16.1. The Labute approximate surface area is 88.3 Å². The summed E-state index contributed by atoms with van der Waals surface area (Å²) < 4.78 is 0. The van der Waals surface area contributed by atoms with Crippen LogP contribution in [0, 0.1) is 17.8 Å². The topological polar surface area (TPSA) is 17.1 Å². The molecule has 1 nitrogen and oxygen atoms in total. The quantitative estimate of drug-likeness (QED) is 0.653. The molecule has 1 fully saturated rings. The highest BCUT2D eigenvalue weighted by Gasteiger charge is 2.27. The summed E-state index contributed by atoms with van der Waals surface area (Å²) in [6, 6.07) is 0. The second-order valence-corrected chi connectivity index (χ2v) is 5.18. The third kappa shape index (κ3) is 3.43. The van der Waals surface area contributed by atoms with E-state index < -0.39 is 0 Å². The highest BCUT2D eigenvalue weighted by molar-refractivity contribution is 5.81. The molecule has 14 heavy (non-hydrogen) atoms. The SMILES string of the molecule is CCCC(C)CC(=O)C1CCC(C)C1. The summed E-state index contributed by atoms with van der Waals surface area (Å²) in [4.78, 5) is 11.9. The lowest BCUT2D eigenvalue weighted by Crippen LogP contribution is -2.14. The summed E-state index contributed by atoms with van der Waals surface area (Å²) in [5.74, 6) is 2.33. The molecule has 3 atom stereocenters. The van der Waals surface area contributed by atoms with Gasteiger partial charge in [0.1, 0.15) is 5.78 Å². The third-order valence-electron chi connectivity index (χ3n) is 3.48. The van der Waals surface area contributed by atoms with Gasteiger partial charge in [-0.1, -0.05) is 33.6 Å². The van der Waals surface area contributed by atoms with E-state index in [0.717, 1.165) is 25.2 Å². The van der Waals surface area contributed by atoms with Crippen LogP contribution in [0.2, 0.25) is 0 Å². The lowest BCUT2D eigenvalue weighted by molar-refractivity contribution is -0.123. The fourth-order valence-electron chi connectivity index (χ4n) is 2.60. The van der Waals surface area contributed by atoms with Crippen LogP contribution in [0.4, 0.5) is 0 Å². The zero-order valence-corrected chi connectivity index (χ0v) is 9.88. The van der Waals surface area contributed by atoms with Crippen molar-refractivity contribution in [3.05, 3.63) is 0 Å². The Bertz CT molecular complexity index is 186. The van der Waals surface area contributed by atoms with Crippen LogP contribution >= 0.6 is 0 Å². The van der Waals surface area contributed by atoms with Crippen molar-refractivity contribution in [3.63, 3.8) is 0 Å². The van der Waals surface area contributed by atoms with Crippen LogP contribution in [-0.2, 0) is 4.79 Å². The number of Topliss-reactive ketones (excluding diaryl/α,β-unsaturated/α-hetero) is 1. The first-order valence-corrected chi connectivity index (χ1v) is 6.16. The van der Waals surface area contributed by atoms with E-state index in [1.807, 2.05) is 0 Å². The van der Waals surface area contributed by atoms with Gasteiger partial charge in [0.2, 0.25) is 0 Å². The first kappa shape index (κ1) is 11.7. The Morgan fingerprint density at radius 1 is 1.43 bits per heavy atom. The van der Waals surface area contributed by atoms with Crippen LogP contribution in [0.3, 0.4) is 0 Å². The van der Waals surface area contributed by atoms with Gasteiger partial charge in [-0.2, -0.15) is 0 Å². The van der Waals surface area contributed by atoms with Crippen LogP contribution in [-0.4, -0.2) is 5.78 Å². The number of ketones is 1. The zero-order chi connectivity index (χ0) is 10.6. The summed E-state index contributed by atoms with van der Waals surface area (Å²) >= 11 is 0. The van der Waals surface area contributed by atoms with E-state index in [-0.39, 0.29) is 0 Å². The molecule has 82 valence electrons. The van der Waals surface area contributed by atoms with Gasteiger partial charge in [0, 0.05) is 12.3 Å². The molecule has 1 saturated carbocycles. The van der Waals surface area contributed by atoms with Crippen molar-refractivity contribution < 1.29 is 4.79 Å². The average molecular weight is 196 g/mol. The van der Waals surface area contributed by atoms with Crippen molar-refractivity contribution in [2.75, 3.05) is 0 Å². The minimum atomic E-state index is 0.407. The molecule has 0 radical (unpaired) electrons. The van der Waals surface area contributed by atoms with Crippen molar-refractivity contribution >= 4 is 5.78 Å². The smallest absolute Gasteiger partial charge is 0.136 e.